The zero-order valence-corrected chi connectivity index (χ0v) is 21.0. The van der Waals surface area contributed by atoms with Crippen LogP contribution in [0, 0.1) is 0 Å². The Hall–Kier alpha value is -3.22. The van der Waals surface area contributed by atoms with E-state index in [1.54, 1.807) is 4.90 Å². The van der Waals surface area contributed by atoms with Crippen molar-refractivity contribution in [2.24, 2.45) is 7.05 Å². The molecule has 1 aromatic heterocycles. The fourth-order valence-electron chi connectivity index (χ4n) is 4.66. The van der Waals surface area contributed by atoms with E-state index in [4.69, 9.17) is 11.6 Å². The number of benzene rings is 3. The van der Waals surface area contributed by atoms with Gasteiger partial charge >= 0.3 is 0 Å². The first-order valence-electron chi connectivity index (χ1n) is 11.6. The molecule has 0 radical (unpaired) electrons. The molecule has 35 heavy (non-hydrogen) atoms. The lowest BCUT2D eigenvalue weighted by atomic mass is 10.0. The molecule has 178 valence electrons. The van der Waals surface area contributed by atoms with Crippen molar-refractivity contribution in [1.82, 2.24) is 14.8 Å². The number of para-hydroxylation sites is 1. The smallest absolute Gasteiger partial charge is 0.247 e. The summed E-state index contributed by atoms with van der Waals surface area (Å²) >= 11 is 7.55. The van der Waals surface area contributed by atoms with Crippen molar-refractivity contribution in [1.29, 1.82) is 0 Å². The second-order valence-electron chi connectivity index (χ2n) is 8.65. The van der Waals surface area contributed by atoms with E-state index in [0.29, 0.717) is 30.3 Å². The number of nitrogens with zero attached hydrogens (tertiary/aromatic N) is 2. The maximum Gasteiger partial charge on any atom is 0.247 e. The number of aryl methyl sites for hydroxylation is 1. The average Bonchev–Trinajstić information content (AvgIpc) is 3.06. The summed E-state index contributed by atoms with van der Waals surface area (Å²) < 4.78 is 2.10. The standard InChI is InChI=1S/C28H26ClN3O2S/c1-31-23-10-6-5-9-22(23)25-26(27(34)30-17-20-7-3-2-4-8-20)32(24(33)18-35-28(25)31)16-15-19-11-13-21(29)14-12-19/h2-14,26H,15-18H2,1H3,(H,30,34)/t26-/m1/s1. The molecule has 2 heterocycles. The Kier molecular flexibility index (Phi) is 6.84. The predicted octanol–water partition coefficient (Wildman–Crippen LogP) is 5.37. The number of nitrogens with one attached hydrogen (secondary N) is 1. The van der Waals surface area contributed by atoms with E-state index in [2.05, 4.69) is 16.0 Å². The predicted molar refractivity (Wildman–Crippen MR) is 142 cm³/mol. The highest BCUT2D eigenvalue weighted by Gasteiger charge is 2.38. The number of amides is 2. The largest absolute Gasteiger partial charge is 0.350 e. The molecule has 0 bridgehead atoms. The van der Waals surface area contributed by atoms with Crippen LogP contribution in [-0.4, -0.2) is 33.6 Å². The number of fused-ring (bicyclic) bond motifs is 3. The van der Waals surface area contributed by atoms with Crippen LogP contribution < -0.4 is 5.32 Å². The van der Waals surface area contributed by atoms with Crippen LogP contribution in [0.4, 0.5) is 0 Å². The van der Waals surface area contributed by atoms with Gasteiger partial charge in [0.1, 0.15) is 6.04 Å². The van der Waals surface area contributed by atoms with E-state index in [1.807, 2.05) is 79.8 Å². The van der Waals surface area contributed by atoms with Crippen molar-refractivity contribution in [3.05, 3.63) is 101 Å². The van der Waals surface area contributed by atoms with Gasteiger partial charge < -0.3 is 14.8 Å². The van der Waals surface area contributed by atoms with Gasteiger partial charge in [-0.25, -0.2) is 0 Å². The second-order valence-corrected chi connectivity index (χ2v) is 10.1. The minimum absolute atomic E-state index is 0.0379. The van der Waals surface area contributed by atoms with Crippen molar-refractivity contribution >= 4 is 46.1 Å². The molecule has 5 nitrogen and oxygen atoms in total. The number of halogens is 1. The van der Waals surface area contributed by atoms with Gasteiger partial charge in [0.15, 0.2) is 0 Å². The molecule has 1 aliphatic heterocycles. The third-order valence-electron chi connectivity index (χ3n) is 6.44. The molecule has 0 saturated carbocycles. The molecule has 5 rings (SSSR count). The zero-order valence-electron chi connectivity index (χ0n) is 19.4. The Labute approximate surface area is 214 Å². The number of carbonyl (C=O) groups is 2. The lowest BCUT2D eigenvalue weighted by molar-refractivity contribution is -0.138. The van der Waals surface area contributed by atoms with E-state index < -0.39 is 6.04 Å². The van der Waals surface area contributed by atoms with Gasteiger partial charge in [0.2, 0.25) is 11.8 Å². The summed E-state index contributed by atoms with van der Waals surface area (Å²) in [5, 5.41) is 5.74. The van der Waals surface area contributed by atoms with E-state index in [-0.39, 0.29) is 11.8 Å². The average molecular weight is 504 g/mol. The van der Waals surface area contributed by atoms with Gasteiger partial charge in [-0.1, -0.05) is 84.0 Å². The summed E-state index contributed by atoms with van der Waals surface area (Å²) in [7, 11) is 2.00. The zero-order chi connectivity index (χ0) is 24.4. The molecule has 7 heteroatoms. The van der Waals surface area contributed by atoms with Crippen LogP contribution in [-0.2, 0) is 29.6 Å². The van der Waals surface area contributed by atoms with Crippen LogP contribution in [0.25, 0.3) is 10.9 Å². The second kappa shape index (κ2) is 10.2. The fraction of sp³-hybridized carbons (Fsp3) is 0.214. The Bertz CT molecular complexity index is 1370. The highest BCUT2D eigenvalue weighted by atomic mass is 35.5. The van der Waals surface area contributed by atoms with Crippen molar-refractivity contribution in [2.75, 3.05) is 12.3 Å². The summed E-state index contributed by atoms with van der Waals surface area (Å²) in [4.78, 5) is 28.9. The number of hydrogen-bond donors (Lipinski definition) is 1. The summed E-state index contributed by atoms with van der Waals surface area (Å²) in [6, 6.07) is 24.8. The molecule has 4 aromatic rings. The van der Waals surface area contributed by atoms with Crippen LogP contribution in [0.1, 0.15) is 22.7 Å². The molecule has 3 aromatic carbocycles. The Morgan fingerprint density at radius 3 is 2.49 bits per heavy atom. The number of aromatic nitrogens is 1. The summed E-state index contributed by atoms with van der Waals surface area (Å²) in [6.45, 7) is 0.843. The summed E-state index contributed by atoms with van der Waals surface area (Å²) in [6.07, 6.45) is 0.635. The highest BCUT2D eigenvalue weighted by Crippen LogP contribution is 2.41. The lowest BCUT2D eigenvalue weighted by Gasteiger charge is -2.30. The molecule has 0 unspecified atom stereocenters. The van der Waals surface area contributed by atoms with Gasteiger partial charge in [-0.15, -0.1) is 0 Å². The molecular formula is C28H26ClN3O2S. The number of hydrogen-bond acceptors (Lipinski definition) is 3. The number of thioether (sulfide) groups is 1. The van der Waals surface area contributed by atoms with E-state index in [1.165, 1.54) is 11.8 Å². The van der Waals surface area contributed by atoms with Gasteiger partial charge in [0, 0.05) is 41.6 Å². The van der Waals surface area contributed by atoms with Gasteiger partial charge in [0.25, 0.3) is 0 Å². The van der Waals surface area contributed by atoms with E-state index in [0.717, 1.165) is 32.6 Å². The minimum atomic E-state index is -0.713. The molecule has 2 amide bonds. The molecule has 0 fully saturated rings. The molecule has 1 aliphatic rings. The quantitative estimate of drug-likeness (QED) is 0.385. The maximum absolute atomic E-state index is 13.8. The lowest BCUT2D eigenvalue weighted by Crippen LogP contribution is -2.44. The third kappa shape index (κ3) is 4.81. The van der Waals surface area contributed by atoms with Crippen LogP contribution in [0.3, 0.4) is 0 Å². The van der Waals surface area contributed by atoms with E-state index >= 15 is 0 Å². The first-order valence-corrected chi connectivity index (χ1v) is 12.9. The highest BCUT2D eigenvalue weighted by molar-refractivity contribution is 8.00. The van der Waals surface area contributed by atoms with Crippen LogP contribution in [0.5, 0.6) is 0 Å². The van der Waals surface area contributed by atoms with E-state index in [9.17, 15) is 9.59 Å². The Morgan fingerprint density at radius 1 is 1.00 bits per heavy atom. The van der Waals surface area contributed by atoms with Gasteiger partial charge in [-0.05, 0) is 35.7 Å². The topological polar surface area (TPSA) is 54.3 Å². The van der Waals surface area contributed by atoms with Crippen molar-refractivity contribution in [3.8, 4) is 0 Å². The number of carbonyl (C=O) groups excluding carboxylic acids is 2. The molecule has 1 N–H and O–H groups in total. The molecule has 0 aliphatic carbocycles. The van der Waals surface area contributed by atoms with Gasteiger partial charge in [-0.3, -0.25) is 9.59 Å². The van der Waals surface area contributed by atoms with Crippen LogP contribution in [0.2, 0.25) is 5.02 Å². The first-order chi connectivity index (χ1) is 17.0. The van der Waals surface area contributed by atoms with Gasteiger partial charge in [0.05, 0.1) is 10.8 Å². The fourth-order valence-corrected chi connectivity index (χ4v) is 5.88. The van der Waals surface area contributed by atoms with Crippen molar-refractivity contribution < 1.29 is 9.59 Å². The minimum Gasteiger partial charge on any atom is -0.350 e. The summed E-state index contributed by atoms with van der Waals surface area (Å²) in [5.74, 6) is 0.0859. The van der Waals surface area contributed by atoms with Crippen LogP contribution >= 0.6 is 23.4 Å². The SMILES string of the molecule is Cn1c2c(c3ccccc31)[C@H](C(=O)NCc1ccccc1)N(CCc1ccc(Cl)cc1)C(=O)CS2. The molecule has 0 saturated heterocycles. The Morgan fingerprint density at radius 2 is 1.71 bits per heavy atom. The van der Waals surface area contributed by atoms with Gasteiger partial charge in [-0.2, -0.15) is 0 Å². The number of rotatable bonds is 6. The maximum atomic E-state index is 13.8. The molecular weight excluding hydrogens is 478 g/mol. The molecule has 0 spiro atoms. The van der Waals surface area contributed by atoms with Crippen molar-refractivity contribution in [3.63, 3.8) is 0 Å². The van der Waals surface area contributed by atoms with Crippen molar-refractivity contribution in [2.45, 2.75) is 24.0 Å². The van der Waals surface area contributed by atoms with Crippen LogP contribution in [0.15, 0.2) is 83.9 Å². The normalized spacial score (nSPS) is 15.7. The first kappa shape index (κ1) is 23.5. The Balaban J connectivity index is 1.53. The molecule has 1 atom stereocenters. The third-order valence-corrected chi connectivity index (χ3v) is 7.85. The monoisotopic (exact) mass is 503 g/mol. The summed E-state index contributed by atoms with van der Waals surface area (Å²) in [5.41, 5.74) is 4.04.